The summed E-state index contributed by atoms with van der Waals surface area (Å²) in [4.78, 5) is 24.7. The molecule has 0 fully saturated rings. The number of hydrogen-bond acceptors (Lipinski definition) is 3. The molecule has 2 aromatic carbocycles. The van der Waals surface area contributed by atoms with Gasteiger partial charge in [0.2, 0.25) is 11.8 Å². The zero-order valence-corrected chi connectivity index (χ0v) is 14.6. The maximum atomic E-state index is 12.4. The topological polar surface area (TPSA) is 67.4 Å². The third-order valence-corrected chi connectivity index (χ3v) is 3.47. The van der Waals surface area contributed by atoms with E-state index in [2.05, 4.69) is 10.6 Å². The molecule has 0 bridgehead atoms. The van der Waals surface area contributed by atoms with Crippen molar-refractivity contribution in [2.24, 2.45) is 0 Å². The second-order valence-electron chi connectivity index (χ2n) is 5.99. The number of benzene rings is 2. The van der Waals surface area contributed by atoms with Crippen molar-refractivity contribution in [3.05, 3.63) is 66.2 Å². The van der Waals surface area contributed by atoms with Gasteiger partial charge in [-0.3, -0.25) is 9.59 Å². The Balaban J connectivity index is 1.93. The number of nitrogens with one attached hydrogen (secondary N) is 2. The highest BCUT2D eigenvalue weighted by atomic mass is 16.5. The van der Waals surface area contributed by atoms with Gasteiger partial charge in [-0.15, -0.1) is 0 Å². The van der Waals surface area contributed by atoms with Crippen molar-refractivity contribution in [2.45, 2.75) is 32.4 Å². The maximum Gasteiger partial charge on any atom is 0.247 e. The molecule has 0 saturated heterocycles. The summed E-state index contributed by atoms with van der Waals surface area (Å²) in [6.07, 6.45) is 0.174. The molecule has 25 heavy (non-hydrogen) atoms. The van der Waals surface area contributed by atoms with Gasteiger partial charge in [-0.05, 0) is 31.5 Å². The lowest BCUT2D eigenvalue weighted by molar-refractivity contribution is -0.129. The highest BCUT2D eigenvalue weighted by Gasteiger charge is 2.22. The predicted octanol–water partition coefficient (Wildman–Crippen LogP) is 2.84. The molecule has 2 N–H and O–H groups in total. The van der Waals surface area contributed by atoms with Crippen molar-refractivity contribution in [3.63, 3.8) is 0 Å². The monoisotopic (exact) mass is 340 g/mol. The number of ether oxygens (including phenoxy) is 1. The zero-order valence-electron chi connectivity index (χ0n) is 14.6. The summed E-state index contributed by atoms with van der Waals surface area (Å²) in [6.45, 7) is 4.02. The van der Waals surface area contributed by atoms with Gasteiger partial charge >= 0.3 is 0 Å². The molecular weight excluding hydrogens is 316 g/mol. The Morgan fingerprint density at radius 2 is 1.52 bits per heavy atom. The molecule has 0 unspecified atom stereocenters. The van der Waals surface area contributed by atoms with Gasteiger partial charge in [0.1, 0.15) is 11.8 Å². The average molecular weight is 340 g/mol. The molecule has 0 aliphatic heterocycles. The number of hydrogen-bond donors (Lipinski definition) is 2. The van der Waals surface area contributed by atoms with E-state index in [0.717, 1.165) is 5.56 Å². The van der Waals surface area contributed by atoms with E-state index in [1.165, 1.54) is 0 Å². The maximum absolute atomic E-state index is 12.4. The average Bonchev–Trinajstić information content (AvgIpc) is 2.60. The van der Waals surface area contributed by atoms with Gasteiger partial charge in [0, 0.05) is 6.04 Å². The van der Waals surface area contributed by atoms with Crippen LogP contribution in [0, 0.1) is 0 Å². The summed E-state index contributed by atoms with van der Waals surface area (Å²) < 4.78 is 5.53. The Kier molecular flexibility index (Phi) is 7.01. The first-order valence-corrected chi connectivity index (χ1v) is 8.39. The normalized spacial score (nSPS) is 11.6. The van der Waals surface area contributed by atoms with Crippen LogP contribution in [0.25, 0.3) is 0 Å². The Morgan fingerprint density at radius 1 is 0.920 bits per heavy atom. The lowest BCUT2D eigenvalue weighted by Crippen LogP contribution is -2.43. The molecule has 0 saturated carbocycles. The molecule has 5 nitrogen and oxygen atoms in total. The van der Waals surface area contributed by atoms with Gasteiger partial charge in [0.05, 0.1) is 13.0 Å². The largest absolute Gasteiger partial charge is 0.493 e. The molecule has 0 spiro atoms. The van der Waals surface area contributed by atoms with E-state index in [1.807, 2.05) is 74.5 Å². The van der Waals surface area contributed by atoms with E-state index >= 15 is 0 Å². The van der Waals surface area contributed by atoms with Gasteiger partial charge in [-0.2, -0.15) is 0 Å². The molecule has 0 aliphatic carbocycles. The van der Waals surface area contributed by atoms with Crippen molar-refractivity contribution in [1.82, 2.24) is 10.6 Å². The minimum atomic E-state index is -0.715. The Bertz CT molecular complexity index is 672. The van der Waals surface area contributed by atoms with E-state index in [1.54, 1.807) is 0 Å². The van der Waals surface area contributed by atoms with Crippen LogP contribution in [0.15, 0.2) is 60.7 Å². The molecule has 1 atom stereocenters. The summed E-state index contributed by atoms with van der Waals surface area (Å²) in [6, 6.07) is 17.8. The Morgan fingerprint density at radius 3 is 2.12 bits per heavy atom. The van der Waals surface area contributed by atoms with Crippen molar-refractivity contribution in [3.8, 4) is 5.75 Å². The van der Waals surface area contributed by atoms with Crippen LogP contribution in [0.1, 0.15) is 31.9 Å². The van der Waals surface area contributed by atoms with E-state index in [4.69, 9.17) is 4.74 Å². The number of carbonyl (C=O) groups excluding carboxylic acids is 2. The van der Waals surface area contributed by atoms with Gasteiger partial charge in [-0.1, -0.05) is 48.5 Å². The van der Waals surface area contributed by atoms with Gasteiger partial charge in [0.15, 0.2) is 0 Å². The molecule has 2 amide bonds. The number of carbonyl (C=O) groups is 2. The number of amides is 2. The van der Waals surface area contributed by atoms with E-state index in [9.17, 15) is 9.59 Å². The number of para-hydroxylation sites is 1. The second-order valence-corrected chi connectivity index (χ2v) is 5.99. The second kappa shape index (κ2) is 9.47. The smallest absolute Gasteiger partial charge is 0.247 e. The zero-order chi connectivity index (χ0) is 18.1. The lowest BCUT2D eigenvalue weighted by Gasteiger charge is -2.20. The third-order valence-electron chi connectivity index (χ3n) is 3.47. The van der Waals surface area contributed by atoms with Gasteiger partial charge < -0.3 is 15.4 Å². The fourth-order valence-corrected chi connectivity index (χ4v) is 2.33. The van der Waals surface area contributed by atoms with E-state index < -0.39 is 6.04 Å². The van der Waals surface area contributed by atoms with Gasteiger partial charge in [0.25, 0.3) is 0 Å². The minimum Gasteiger partial charge on any atom is -0.493 e. The van der Waals surface area contributed by atoms with E-state index in [0.29, 0.717) is 5.75 Å². The molecule has 0 heterocycles. The van der Waals surface area contributed by atoms with Crippen LogP contribution < -0.4 is 15.4 Å². The standard InChI is InChI=1S/C20H24N2O3/c1-15(2)21-20(24)19(16-9-5-3-6-10-16)22-18(23)13-14-25-17-11-7-4-8-12-17/h3-12,15,19H,13-14H2,1-2H3,(H,21,24)(H,22,23)/t19-/m0/s1. The van der Waals surface area contributed by atoms with Crippen LogP contribution in [0.3, 0.4) is 0 Å². The fraction of sp³-hybridized carbons (Fsp3) is 0.300. The summed E-state index contributed by atoms with van der Waals surface area (Å²) in [5, 5.41) is 5.64. The Hall–Kier alpha value is -2.82. The Labute approximate surface area is 148 Å². The van der Waals surface area contributed by atoms with Crippen molar-refractivity contribution < 1.29 is 14.3 Å². The molecule has 0 aromatic heterocycles. The van der Waals surface area contributed by atoms with E-state index in [-0.39, 0.29) is 30.9 Å². The summed E-state index contributed by atoms with van der Waals surface area (Å²) in [7, 11) is 0. The molecule has 0 aliphatic rings. The molecule has 2 aromatic rings. The quantitative estimate of drug-likeness (QED) is 0.776. The van der Waals surface area contributed by atoms with Crippen molar-refractivity contribution >= 4 is 11.8 Å². The van der Waals surface area contributed by atoms with Crippen LogP contribution in [-0.4, -0.2) is 24.5 Å². The first-order chi connectivity index (χ1) is 12.1. The highest BCUT2D eigenvalue weighted by Crippen LogP contribution is 2.14. The minimum absolute atomic E-state index is 0.00275. The summed E-state index contributed by atoms with van der Waals surface area (Å²) in [5.41, 5.74) is 0.748. The molecule has 0 radical (unpaired) electrons. The summed E-state index contributed by atoms with van der Waals surface area (Å²) >= 11 is 0. The molecule has 2 rings (SSSR count). The first kappa shape index (κ1) is 18.5. The van der Waals surface area contributed by atoms with Crippen molar-refractivity contribution in [1.29, 1.82) is 0 Å². The van der Waals surface area contributed by atoms with Crippen LogP contribution in [0.5, 0.6) is 5.75 Å². The molecule has 5 heteroatoms. The SMILES string of the molecule is CC(C)NC(=O)[C@@H](NC(=O)CCOc1ccccc1)c1ccccc1. The number of rotatable bonds is 8. The van der Waals surface area contributed by atoms with Crippen LogP contribution in [0.4, 0.5) is 0 Å². The van der Waals surface area contributed by atoms with Crippen LogP contribution in [-0.2, 0) is 9.59 Å². The van der Waals surface area contributed by atoms with Crippen LogP contribution >= 0.6 is 0 Å². The van der Waals surface area contributed by atoms with Gasteiger partial charge in [-0.25, -0.2) is 0 Å². The fourth-order valence-electron chi connectivity index (χ4n) is 2.33. The van der Waals surface area contributed by atoms with Crippen molar-refractivity contribution in [2.75, 3.05) is 6.61 Å². The molecule has 132 valence electrons. The van der Waals surface area contributed by atoms with Crippen LogP contribution in [0.2, 0.25) is 0 Å². The first-order valence-electron chi connectivity index (χ1n) is 8.39. The summed E-state index contributed by atoms with van der Waals surface area (Å²) in [5.74, 6) is 0.259. The molecular formula is C20H24N2O3. The lowest BCUT2D eigenvalue weighted by atomic mass is 10.1. The predicted molar refractivity (Wildman–Crippen MR) is 97.2 cm³/mol. The third kappa shape index (κ3) is 6.30. The highest BCUT2D eigenvalue weighted by molar-refractivity contribution is 5.88.